The van der Waals surface area contributed by atoms with Crippen molar-refractivity contribution in [1.82, 2.24) is 0 Å². The number of hydrogen-bond donors (Lipinski definition) is 0. The van der Waals surface area contributed by atoms with Crippen LogP contribution in [0.3, 0.4) is 0 Å². The highest BCUT2D eigenvalue weighted by atomic mass is 15.2. The molecular formula is C64H77BN2. The summed E-state index contributed by atoms with van der Waals surface area (Å²) in [6.07, 6.45) is 3.48. The van der Waals surface area contributed by atoms with Crippen LogP contribution in [0.5, 0.6) is 0 Å². The van der Waals surface area contributed by atoms with E-state index < -0.39 is 0 Å². The van der Waals surface area contributed by atoms with Crippen LogP contribution in [-0.4, -0.2) is 6.71 Å². The Kier molecular flexibility index (Phi) is 9.91. The van der Waals surface area contributed by atoms with Gasteiger partial charge in [0.25, 0.3) is 6.71 Å². The third-order valence-corrected chi connectivity index (χ3v) is 16.9. The van der Waals surface area contributed by atoms with Gasteiger partial charge in [0, 0.05) is 34.0 Å². The van der Waals surface area contributed by atoms with Gasteiger partial charge in [-0.3, -0.25) is 0 Å². The molecule has 346 valence electrons. The number of hydrogen-bond acceptors (Lipinski definition) is 2. The highest BCUT2D eigenvalue weighted by Crippen LogP contribution is 2.55. The molecule has 3 heteroatoms. The fourth-order valence-electron chi connectivity index (χ4n) is 12.9. The number of aryl methyl sites for hydroxylation is 1. The molecule has 2 aliphatic heterocycles. The van der Waals surface area contributed by atoms with Crippen molar-refractivity contribution >= 4 is 57.2 Å². The third kappa shape index (κ3) is 7.17. The van der Waals surface area contributed by atoms with Crippen LogP contribution < -0.4 is 26.2 Å². The van der Waals surface area contributed by atoms with Crippen LogP contribution in [0.15, 0.2) is 103 Å². The van der Waals surface area contributed by atoms with Gasteiger partial charge in [0.15, 0.2) is 0 Å². The lowest BCUT2D eigenvalue weighted by Crippen LogP contribution is -2.62. The Morgan fingerprint density at radius 2 is 0.881 bits per heavy atom. The quantitative estimate of drug-likeness (QED) is 0.163. The first-order chi connectivity index (χ1) is 31.0. The Labute approximate surface area is 405 Å². The van der Waals surface area contributed by atoms with E-state index in [4.69, 9.17) is 0 Å². The number of fused-ring (bicyclic) bond motifs is 6. The second-order valence-corrected chi connectivity index (χ2v) is 27.0. The van der Waals surface area contributed by atoms with Crippen molar-refractivity contribution in [3.63, 3.8) is 0 Å². The van der Waals surface area contributed by atoms with Crippen LogP contribution in [0, 0.1) is 6.92 Å². The van der Waals surface area contributed by atoms with E-state index in [1.54, 1.807) is 0 Å². The highest BCUT2D eigenvalue weighted by Gasteiger charge is 2.49. The minimum Gasteiger partial charge on any atom is -0.311 e. The summed E-state index contributed by atoms with van der Waals surface area (Å²) in [4.78, 5) is 5.43. The number of rotatable bonds is 3. The Hall–Kier alpha value is -5.02. The lowest BCUT2D eigenvalue weighted by atomic mass is 9.32. The molecule has 0 radical (unpaired) electrons. The molecule has 0 saturated heterocycles. The number of nitrogens with zero attached hydrogens (tertiary/aromatic N) is 2. The maximum absolute atomic E-state index is 2.73. The SMILES string of the molecule is Cc1cc2c(cc1N1c3ccc(C(C)(C)C)cc3B3c4cc5c(cc4N(c4ccc(C(C)(C)C)cc4-c4ccccc4)c4cc(C(C)(C)C)cc1c43)C(C)(C)CCC5(C)C)C(C)(C)CC2(C)C. The average Bonchev–Trinajstić information content (AvgIpc) is 3.41. The molecule has 2 aliphatic carbocycles. The van der Waals surface area contributed by atoms with Gasteiger partial charge in [0.05, 0.1) is 5.69 Å². The van der Waals surface area contributed by atoms with Crippen molar-refractivity contribution in [1.29, 1.82) is 0 Å². The fraction of sp³-hybridized carbons (Fsp3) is 0.438. The molecule has 0 unspecified atom stereocenters. The lowest BCUT2D eigenvalue weighted by molar-refractivity contribution is 0.332. The summed E-state index contributed by atoms with van der Waals surface area (Å²) in [5.41, 5.74) is 26.0. The molecule has 10 rings (SSSR count). The second-order valence-electron chi connectivity index (χ2n) is 27.0. The van der Waals surface area contributed by atoms with Gasteiger partial charge in [-0.05, 0) is 173 Å². The summed E-state index contributed by atoms with van der Waals surface area (Å²) < 4.78 is 0. The zero-order chi connectivity index (χ0) is 48.3. The molecule has 0 saturated carbocycles. The van der Waals surface area contributed by atoms with Crippen LogP contribution >= 0.6 is 0 Å². The number of benzene rings is 6. The molecule has 2 heterocycles. The van der Waals surface area contributed by atoms with E-state index in [0.29, 0.717) is 0 Å². The highest BCUT2D eigenvalue weighted by molar-refractivity contribution is 7.00. The molecule has 6 aromatic carbocycles. The summed E-state index contributed by atoms with van der Waals surface area (Å²) >= 11 is 0. The van der Waals surface area contributed by atoms with Crippen molar-refractivity contribution in [3.05, 3.63) is 148 Å². The van der Waals surface area contributed by atoms with Crippen LogP contribution in [0.1, 0.15) is 181 Å². The van der Waals surface area contributed by atoms with Crippen LogP contribution in [0.25, 0.3) is 11.1 Å². The Morgan fingerprint density at radius 1 is 0.418 bits per heavy atom. The molecular weight excluding hydrogens is 808 g/mol. The van der Waals surface area contributed by atoms with Gasteiger partial charge in [-0.25, -0.2) is 0 Å². The zero-order valence-electron chi connectivity index (χ0n) is 44.4. The third-order valence-electron chi connectivity index (χ3n) is 16.9. The van der Waals surface area contributed by atoms with Gasteiger partial charge >= 0.3 is 0 Å². The lowest BCUT2D eigenvalue weighted by Gasteiger charge is -2.48. The van der Waals surface area contributed by atoms with Gasteiger partial charge in [-0.15, -0.1) is 0 Å². The van der Waals surface area contributed by atoms with E-state index >= 15 is 0 Å². The van der Waals surface area contributed by atoms with E-state index in [9.17, 15) is 0 Å². The molecule has 4 aliphatic rings. The predicted octanol–water partition coefficient (Wildman–Crippen LogP) is 15.9. The largest absolute Gasteiger partial charge is 0.311 e. The monoisotopic (exact) mass is 885 g/mol. The van der Waals surface area contributed by atoms with Gasteiger partial charge < -0.3 is 9.80 Å². The van der Waals surface area contributed by atoms with Crippen molar-refractivity contribution < 1.29 is 0 Å². The van der Waals surface area contributed by atoms with Crippen LogP contribution in [0.2, 0.25) is 0 Å². The van der Waals surface area contributed by atoms with Crippen LogP contribution in [0.4, 0.5) is 34.1 Å². The first-order valence-corrected chi connectivity index (χ1v) is 25.5. The van der Waals surface area contributed by atoms with Gasteiger partial charge in [0.1, 0.15) is 0 Å². The van der Waals surface area contributed by atoms with E-state index in [-0.39, 0.29) is 44.6 Å². The molecule has 0 aromatic heterocycles. The molecule has 0 fully saturated rings. The molecule has 67 heavy (non-hydrogen) atoms. The predicted molar refractivity (Wildman–Crippen MR) is 293 cm³/mol. The Bertz CT molecular complexity index is 3010. The molecule has 6 aromatic rings. The zero-order valence-corrected chi connectivity index (χ0v) is 44.4. The fourth-order valence-corrected chi connectivity index (χ4v) is 12.9. The van der Waals surface area contributed by atoms with Gasteiger partial charge in [-0.1, -0.05) is 178 Å². The van der Waals surface area contributed by atoms with Crippen molar-refractivity contribution in [2.24, 2.45) is 0 Å². The van der Waals surface area contributed by atoms with E-state index in [1.807, 2.05) is 0 Å². The normalized spacial score (nSPS) is 18.5. The Balaban J connectivity index is 1.39. The summed E-state index contributed by atoms with van der Waals surface area (Å²) in [6, 6.07) is 41.8. The first kappa shape index (κ1) is 45.8. The summed E-state index contributed by atoms with van der Waals surface area (Å²) in [5, 5.41) is 0. The molecule has 0 spiro atoms. The standard InChI is InChI=1S/C64H77BN2/c1-39-30-45-48(64(17,18)38-63(45,15)16)36-53(39)67-52-27-25-42(59(5,6)7)32-49(52)65-50-35-46-47(62(13,14)29-28-61(46,11)12)37-54(50)66(55-33-43(60(8,9)10)34-56(67)57(55)65)51-26-24-41(58(2,3)4)31-44(51)40-22-20-19-21-23-40/h19-27,30-37H,28-29,38H2,1-18H3. The van der Waals surface area contributed by atoms with E-state index in [1.165, 1.54) is 119 Å². The van der Waals surface area contributed by atoms with Crippen molar-refractivity contribution in [2.75, 3.05) is 9.80 Å². The van der Waals surface area contributed by atoms with Gasteiger partial charge in [0.2, 0.25) is 0 Å². The minimum absolute atomic E-state index is 0.0145. The molecule has 0 bridgehead atoms. The molecule has 0 N–H and O–H groups in total. The van der Waals surface area contributed by atoms with Crippen LogP contribution in [-0.2, 0) is 37.9 Å². The number of anilines is 6. The minimum atomic E-state index is -0.117. The summed E-state index contributed by atoms with van der Waals surface area (Å²) in [5.74, 6) is 0. The maximum Gasteiger partial charge on any atom is 0.252 e. The topological polar surface area (TPSA) is 6.48 Å². The summed E-state index contributed by atoms with van der Waals surface area (Å²) in [6.45, 7) is 43.6. The van der Waals surface area contributed by atoms with E-state index in [0.717, 1.165) is 6.42 Å². The molecule has 0 atom stereocenters. The maximum atomic E-state index is 2.73. The smallest absolute Gasteiger partial charge is 0.252 e. The van der Waals surface area contributed by atoms with Crippen molar-refractivity contribution in [2.45, 2.75) is 182 Å². The average molecular weight is 885 g/mol. The van der Waals surface area contributed by atoms with E-state index in [2.05, 4.69) is 238 Å². The van der Waals surface area contributed by atoms with Crippen molar-refractivity contribution in [3.8, 4) is 11.1 Å². The summed E-state index contributed by atoms with van der Waals surface area (Å²) in [7, 11) is 0. The molecule has 2 nitrogen and oxygen atoms in total. The Morgan fingerprint density at radius 3 is 1.45 bits per heavy atom. The van der Waals surface area contributed by atoms with Gasteiger partial charge in [-0.2, -0.15) is 0 Å². The first-order valence-electron chi connectivity index (χ1n) is 25.5. The second kappa shape index (κ2) is 14.5. The molecule has 0 amide bonds.